The second kappa shape index (κ2) is 7.79. The van der Waals surface area contributed by atoms with Gasteiger partial charge in [0.05, 0.1) is 16.6 Å². The summed E-state index contributed by atoms with van der Waals surface area (Å²) in [4.78, 5) is 0. The van der Waals surface area contributed by atoms with Crippen LogP contribution in [0.4, 0.5) is 0 Å². The molecular weight excluding hydrogens is 380 g/mol. The Kier molecular flexibility index (Phi) is 5.15. The molecule has 3 aromatic rings. The van der Waals surface area contributed by atoms with Crippen LogP contribution in [0.2, 0.25) is 5.02 Å². The van der Waals surface area contributed by atoms with Gasteiger partial charge in [-0.25, -0.2) is 0 Å². The van der Waals surface area contributed by atoms with Gasteiger partial charge in [0, 0.05) is 17.6 Å². The summed E-state index contributed by atoms with van der Waals surface area (Å²) in [5.41, 5.74) is 11.2. The number of aliphatic hydroxyl groups excluding tert-OH is 1. The number of hydrogen-bond donors (Lipinski definition) is 2. The molecule has 1 heterocycles. The second-order valence-electron chi connectivity index (χ2n) is 9.00. The molecule has 0 saturated heterocycles. The fraction of sp³-hybridized carbons (Fsp3) is 0.440. The van der Waals surface area contributed by atoms with Gasteiger partial charge in [0.25, 0.3) is 0 Å². The number of halogens is 1. The van der Waals surface area contributed by atoms with Crippen LogP contribution in [0.1, 0.15) is 60.8 Å². The first-order chi connectivity index (χ1) is 14.1. The average Bonchev–Trinajstić information content (AvgIpc) is 3.50. The van der Waals surface area contributed by atoms with E-state index in [4.69, 9.17) is 17.3 Å². The Morgan fingerprint density at radius 1 is 1.03 bits per heavy atom. The van der Waals surface area contributed by atoms with Crippen LogP contribution in [0.25, 0.3) is 10.9 Å². The van der Waals surface area contributed by atoms with Gasteiger partial charge in [-0.05, 0) is 85.7 Å². The maximum atomic E-state index is 10.4. The molecule has 0 spiro atoms. The van der Waals surface area contributed by atoms with E-state index in [9.17, 15) is 5.11 Å². The van der Waals surface area contributed by atoms with Crippen molar-refractivity contribution in [1.82, 2.24) is 4.57 Å². The Bertz CT molecular complexity index is 1010. The predicted octanol–water partition coefficient (Wildman–Crippen LogP) is 5.42. The summed E-state index contributed by atoms with van der Waals surface area (Å²) >= 11 is 6.66. The highest BCUT2D eigenvalue weighted by Gasteiger charge is 2.29. The molecule has 5 rings (SSSR count). The lowest BCUT2D eigenvalue weighted by atomic mass is 9.83. The third kappa shape index (κ3) is 3.84. The van der Waals surface area contributed by atoms with E-state index in [-0.39, 0.29) is 12.1 Å². The SMILES string of the molecule is NC[C@@H]1C[C@H](O)C[C@H](n2cc(Cc3ccc(C4CC4)cc3)c3c(Cl)cccc32)C1. The lowest BCUT2D eigenvalue weighted by Crippen LogP contribution is -2.31. The molecular formula is C25H29ClN2O. The first-order valence-corrected chi connectivity index (χ1v) is 11.2. The van der Waals surface area contributed by atoms with Crippen LogP contribution in [0.15, 0.2) is 48.7 Å². The quantitative estimate of drug-likeness (QED) is 0.591. The van der Waals surface area contributed by atoms with Crippen molar-refractivity contribution in [1.29, 1.82) is 0 Å². The Morgan fingerprint density at radius 2 is 1.83 bits per heavy atom. The summed E-state index contributed by atoms with van der Waals surface area (Å²) in [7, 11) is 0. The number of rotatable bonds is 5. The third-order valence-corrected chi connectivity index (χ3v) is 7.11. The van der Waals surface area contributed by atoms with Gasteiger partial charge in [0.1, 0.15) is 0 Å². The molecule has 2 aliphatic carbocycles. The molecule has 2 aliphatic rings. The van der Waals surface area contributed by atoms with Crippen molar-refractivity contribution in [3.63, 3.8) is 0 Å². The normalized spacial score (nSPS) is 24.9. The van der Waals surface area contributed by atoms with Crippen LogP contribution in [0.5, 0.6) is 0 Å². The summed E-state index contributed by atoms with van der Waals surface area (Å²) < 4.78 is 2.35. The van der Waals surface area contributed by atoms with Crippen LogP contribution in [0, 0.1) is 5.92 Å². The monoisotopic (exact) mass is 408 g/mol. The van der Waals surface area contributed by atoms with E-state index >= 15 is 0 Å². The molecule has 0 amide bonds. The number of fused-ring (bicyclic) bond motifs is 1. The summed E-state index contributed by atoms with van der Waals surface area (Å²) in [6.45, 7) is 0.633. The van der Waals surface area contributed by atoms with Crippen LogP contribution in [0.3, 0.4) is 0 Å². The highest BCUT2D eigenvalue weighted by molar-refractivity contribution is 6.35. The van der Waals surface area contributed by atoms with Crippen molar-refractivity contribution in [2.45, 2.75) is 56.6 Å². The van der Waals surface area contributed by atoms with E-state index in [0.29, 0.717) is 12.5 Å². The van der Waals surface area contributed by atoms with Gasteiger partial charge in [0.15, 0.2) is 0 Å². The molecule has 2 aromatic carbocycles. The zero-order chi connectivity index (χ0) is 20.0. The molecule has 0 radical (unpaired) electrons. The van der Waals surface area contributed by atoms with Gasteiger partial charge in [-0.1, -0.05) is 41.9 Å². The molecule has 0 aliphatic heterocycles. The fourth-order valence-electron chi connectivity index (χ4n) is 5.12. The molecule has 2 fully saturated rings. The zero-order valence-corrected chi connectivity index (χ0v) is 17.5. The molecule has 2 saturated carbocycles. The topological polar surface area (TPSA) is 51.2 Å². The largest absolute Gasteiger partial charge is 0.393 e. The summed E-state index contributed by atoms with van der Waals surface area (Å²) in [5, 5.41) is 12.3. The minimum atomic E-state index is -0.280. The highest BCUT2D eigenvalue weighted by Crippen LogP contribution is 2.41. The van der Waals surface area contributed by atoms with Crippen molar-refractivity contribution < 1.29 is 5.11 Å². The van der Waals surface area contributed by atoms with Gasteiger partial charge < -0.3 is 15.4 Å². The minimum absolute atomic E-state index is 0.263. The number of nitrogens with zero attached hydrogens (tertiary/aromatic N) is 1. The van der Waals surface area contributed by atoms with Gasteiger partial charge in [-0.15, -0.1) is 0 Å². The average molecular weight is 409 g/mol. The Balaban J connectivity index is 1.50. The summed E-state index contributed by atoms with van der Waals surface area (Å²) in [6, 6.07) is 15.5. The van der Waals surface area contributed by atoms with E-state index in [1.807, 2.05) is 12.1 Å². The first kappa shape index (κ1) is 19.2. The Hall–Kier alpha value is -1.81. The molecule has 3 N–H and O–H groups in total. The van der Waals surface area contributed by atoms with Crippen LogP contribution >= 0.6 is 11.6 Å². The third-order valence-electron chi connectivity index (χ3n) is 6.79. The van der Waals surface area contributed by atoms with E-state index < -0.39 is 0 Å². The molecule has 29 heavy (non-hydrogen) atoms. The number of hydrogen-bond acceptors (Lipinski definition) is 2. The number of aliphatic hydroxyl groups is 1. The molecule has 3 atom stereocenters. The predicted molar refractivity (Wildman–Crippen MR) is 120 cm³/mol. The zero-order valence-electron chi connectivity index (χ0n) is 16.7. The Morgan fingerprint density at radius 3 is 2.55 bits per heavy atom. The first-order valence-electron chi connectivity index (χ1n) is 10.9. The van der Waals surface area contributed by atoms with E-state index in [0.717, 1.165) is 47.5 Å². The smallest absolute Gasteiger partial charge is 0.0563 e. The summed E-state index contributed by atoms with van der Waals surface area (Å²) in [6.07, 6.45) is 8.13. The molecule has 3 nitrogen and oxygen atoms in total. The van der Waals surface area contributed by atoms with Crippen molar-refractivity contribution in [3.8, 4) is 0 Å². The van der Waals surface area contributed by atoms with Crippen LogP contribution < -0.4 is 5.73 Å². The fourth-order valence-corrected chi connectivity index (χ4v) is 5.41. The molecule has 0 unspecified atom stereocenters. The van der Waals surface area contributed by atoms with Gasteiger partial charge in [-0.3, -0.25) is 0 Å². The van der Waals surface area contributed by atoms with E-state index in [2.05, 4.69) is 41.1 Å². The van der Waals surface area contributed by atoms with Crippen LogP contribution in [-0.4, -0.2) is 22.3 Å². The van der Waals surface area contributed by atoms with Crippen molar-refractivity contribution in [2.75, 3.05) is 6.54 Å². The van der Waals surface area contributed by atoms with E-state index in [1.54, 1.807) is 0 Å². The second-order valence-corrected chi connectivity index (χ2v) is 9.41. The maximum absolute atomic E-state index is 10.4. The van der Waals surface area contributed by atoms with Crippen molar-refractivity contribution in [3.05, 3.63) is 70.4 Å². The Labute approximate surface area is 177 Å². The van der Waals surface area contributed by atoms with Gasteiger partial charge >= 0.3 is 0 Å². The van der Waals surface area contributed by atoms with Crippen molar-refractivity contribution >= 4 is 22.5 Å². The number of nitrogens with two attached hydrogens (primary N) is 1. The molecule has 1 aromatic heterocycles. The van der Waals surface area contributed by atoms with Gasteiger partial charge in [0.2, 0.25) is 0 Å². The lowest BCUT2D eigenvalue weighted by molar-refractivity contribution is 0.0764. The van der Waals surface area contributed by atoms with Crippen molar-refractivity contribution in [2.24, 2.45) is 11.7 Å². The maximum Gasteiger partial charge on any atom is 0.0563 e. The molecule has 0 bridgehead atoms. The van der Waals surface area contributed by atoms with Crippen LogP contribution in [-0.2, 0) is 6.42 Å². The van der Waals surface area contributed by atoms with E-state index in [1.165, 1.54) is 29.5 Å². The van der Waals surface area contributed by atoms with Gasteiger partial charge in [-0.2, -0.15) is 0 Å². The molecule has 4 heteroatoms. The number of benzene rings is 2. The lowest BCUT2D eigenvalue weighted by Gasteiger charge is -2.33. The standard InChI is InChI=1S/C25H29ClN2O/c26-23-2-1-3-24-25(23)20(10-16-4-6-18(7-5-16)19-8-9-19)15-28(24)21-11-17(14-27)12-22(29)13-21/h1-7,15,17,19,21-22,29H,8-14,27H2/t17-,21+,22-/m0/s1. The molecule has 152 valence electrons. The highest BCUT2D eigenvalue weighted by atomic mass is 35.5. The number of aromatic nitrogens is 1. The summed E-state index contributed by atoms with van der Waals surface area (Å²) in [5.74, 6) is 1.16. The minimum Gasteiger partial charge on any atom is -0.393 e.